The van der Waals surface area contributed by atoms with Gasteiger partial charge in [-0.15, -0.1) is 0 Å². The number of hydrogen-bond acceptors (Lipinski definition) is 2. The lowest BCUT2D eigenvalue weighted by molar-refractivity contribution is -0.0979. The predicted molar refractivity (Wildman–Crippen MR) is 38.4 cm³/mol. The van der Waals surface area contributed by atoms with Crippen LogP contribution in [-0.2, 0) is 4.79 Å². The zero-order chi connectivity index (χ0) is 7.11. The second kappa shape index (κ2) is 5.76. The summed E-state index contributed by atoms with van der Waals surface area (Å²) in [7, 11) is 0. The van der Waals surface area contributed by atoms with Crippen molar-refractivity contribution in [1.29, 1.82) is 0 Å². The van der Waals surface area contributed by atoms with E-state index in [9.17, 15) is 0 Å². The molecule has 0 aliphatic carbocycles. The zero-order valence-electron chi connectivity index (χ0n) is 6.02. The molecule has 1 saturated heterocycles. The van der Waals surface area contributed by atoms with Crippen LogP contribution in [0.5, 0.6) is 0 Å². The minimum atomic E-state index is 0.925. The Morgan fingerprint density at radius 1 is 1.56 bits per heavy atom. The van der Waals surface area contributed by atoms with Gasteiger partial charge in [0.25, 0.3) is 0 Å². The second-order valence-corrected chi connectivity index (χ2v) is 2.45. The third kappa shape index (κ3) is 4.15. The van der Waals surface area contributed by atoms with Gasteiger partial charge in [0.15, 0.2) is 0 Å². The molecule has 54 valence electrons. The van der Waals surface area contributed by atoms with Crippen molar-refractivity contribution in [3.8, 4) is 0 Å². The summed E-state index contributed by atoms with van der Waals surface area (Å²) in [4.78, 5) is 8.00. The minimum absolute atomic E-state index is 0.925. The number of piperidine rings is 1. The highest BCUT2D eigenvalue weighted by molar-refractivity contribution is 5.10. The molecule has 1 rings (SSSR count). The number of rotatable bonds is 0. The van der Waals surface area contributed by atoms with Gasteiger partial charge in [0.05, 0.1) is 0 Å². The van der Waals surface area contributed by atoms with E-state index in [0.29, 0.717) is 0 Å². The van der Waals surface area contributed by atoms with Crippen molar-refractivity contribution in [3.05, 3.63) is 0 Å². The van der Waals surface area contributed by atoms with Crippen molar-refractivity contribution in [2.24, 2.45) is 5.92 Å². The topological polar surface area (TPSA) is 29.1 Å². The first-order chi connectivity index (χ1) is 4.39. The fourth-order valence-corrected chi connectivity index (χ4v) is 1.03. The van der Waals surface area contributed by atoms with E-state index >= 15 is 0 Å². The number of carbonyl (C=O) groups is 1. The molecule has 0 aromatic carbocycles. The highest BCUT2D eigenvalue weighted by atomic mass is 16.1. The molecule has 1 unspecified atom stereocenters. The molecule has 0 aromatic rings. The molecule has 1 heterocycles. The fraction of sp³-hybridized carbons (Fsp3) is 0.857. The van der Waals surface area contributed by atoms with Crippen LogP contribution in [0.4, 0.5) is 0 Å². The van der Waals surface area contributed by atoms with E-state index in [1.165, 1.54) is 25.9 Å². The third-order valence-electron chi connectivity index (χ3n) is 1.54. The molecular weight excluding hydrogens is 114 g/mol. The van der Waals surface area contributed by atoms with Crippen LogP contribution in [0.3, 0.4) is 0 Å². The standard InChI is InChI=1S/C6H13N.CH2O/c1-6-3-2-4-7-5-6;1-2/h6-7H,2-5H2,1H3;1H2. The molecule has 2 nitrogen and oxygen atoms in total. The van der Waals surface area contributed by atoms with E-state index in [1.54, 1.807) is 0 Å². The molecule has 9 heavy (non-hydrogen) atoms. The second-order valence-electron chi connectivity index (χ2n) is 2.45. The van der Waals surface area contributed by atoms with E-state index in [2.05, 4.69) is 12.2 Å². The monoisotopic (exact) mass is 129 g/mol. The van der Waals surface area contributed by atoms with Crippen molar-refractivity contribution in [3.63, 3.8) is 0 Å². The maximum absolute atomic E-state index is 8.00. The normalized spacial score (nSPS) is 26.1. The highest BCUT2D eigenvalue weighted by Crippen LogP contribution is 2.06. The molecule has 1 fully saturated rings. The summed E-state index contributed by atoms with van der Waals surface area (Å²) in [5.41, 5.74) is 0. The van der Waals surface area contributed by atoms with Gasteiger partial charge in [0.2, 0.25) is 0 Å². The molecule has 1 aliphatic heterocycles. The zero-order valence-corrected chi connectivity index (χ0v) is 6.02. The molecule has 0 saturated carbocycles. The van der Waals surface area contributed by atoms with Crippen LogP contribution in [0.15, 0.2) is 0 Å². The van der Waals surface area contributed by atoms with Crippen LogP contribution >= 0.6 is 0 Å². The van der Waals surface area contributed by atoms with E-state index in [-0.39, 0.29) is 0 Å². The van der Waals surface area contributed by atoms with Crippen molar-refractivity contribution in [2.75, 3.05) is 13.1 Å². The maximum atomic E-state index is 8.00. The van der Waals surface area contributed by atoms with Gasteiger partial charge in [-0.3, -0.25) is 0 Å². The molecule has 1 aliphatic rings. The first kappa shape index (κ1) is 8.63. The molecule has 0 spiro atoms. The Morgan fingerprint density at radius 3 is 2.44 bits per heavy atom. The molecule has 2 heteroatoms. The van der Waals surface area contributed by atoms with Crippen LogP contribution in [0.2, 0.25) is 0 Å². The molecule has 0 radical (unpaired) electrons. The van der Waals surface area contributed by atoms with Gasteiger partial charge >= 0.3 is 0 Å². The van der Waals surface area contributed by atoms with Crippen molar-refractivity contribution >= 4 is 6.79 Å². The van der Waals surface area contributed by atoms with Crippen LogP contribution in [-0.4, -0.2) is 19.9 Å². The Bertz CT molecular complexity index is 59.9. The smallest absolute Gasteiger partial charge is 0.106 e. The SMILES string of the molecule is C=O.CC1CCCNC1. The number of carbonyl (C=O) groups excluding carboxylic acids is 1. The number of hydrogen-bond donors (Lipinski definition) is 1. The van der Waals surface area contributed by atoms with Crippen LogP contribution in [0, 0.1) is 5.92 Å². The van der Waals surface area contributed by atoms with Gasteiger partial charge in [-0.1, -0.05) is 6.92 Å². The van der Waals surface area contributed by atoms with Gasteiger partial charge < -0.3 is 10.1 Å². The first-order valence-electron chi connectivity index (χ1n) is 3.39. The average molecular weight is 129 g/mol. The molecular formula is C7H15NO. The Kier molecular flexibility index (Phi) is 5.52. The van der Waals surface area contributed by atoms with Gasteiger partial charge in [0, 0.05) is 0 Å². The van der Waals surface area contributed by atoms with Crippen molar-refractivity contribution in [2.45, 2.75) is 19.8 Å². The molecule has 0 aromatic heterocycles. The Hall–Kier alpha value is -0.370. The van der Waals surface area contributed by atoms with Crippen molar-refractivity contribution in [1.82, 2.24) is 5.32 Å². The fourth-order valence-electron chi connectivity index (χ4n) is 1.03. The summed E-state index contributed by atoms with van der Waals surface area (Å²) in [6.07, 6.45) is 2.80. The van der Waals surface area contributed by atoms with E-state index in [4.69, 9.17) is 4.79 Å². The predicted octanol–water partition coefficient (Wildman–Crippen LogP) is 0.821. The molecule has 0 bridgehead atoms. The summed E-state index contributed by atoms with van der Waals surface area (Å²) in [6.45, 7) is 6.77. The molecule has 1 N–H and O–H groups in total. The quantitative estimate of drug-likeness (QED) is 0.524. The lowest BCUT2D eigenvalue weighted by atomic mass is 10.0. The van der Waals surface area contributed by atoms with Gasteiger partial charge in [0.1, 0.15) is 6.79 Å². The summed E-state index contributed by atoms with van der Waals surface area (Å²) < 4.78 is 0. The summed E-state index contributed by atoms with van der Waals surface area (Å²) in [5.74, 6) is 0.925. The van der Waals surface area contributed by atoms with Gasteiger partial charge in [-0.05, 0) is 31.8 Å². The minimum Gasteiger partial charge on any atom is -0.316 e. The largest absolute Gasteiger partial charge is 0.316 e. The van der Waals surface area contributed by atoms with Crippen LogP contribution < -0.4 is 5.32 Å². The third-order valence-corrected chi connectivity index (χ3v) is 1.54. The molecule has 0 amide bonds. The Labute approximate surface area is 56.6 Å². The average Bonchev–Trinajstić information content (AvgIpc) is 1.94. The van der Waals surface area contributed by atoms with E-state index < -0.39 is 0 Å². The lowest BCUT2D eigenvalue weighted by Gasteiger charge is -2.17. The Morgan fingerprint density at radius 2 is 2.22 bits per heavy atom. The van der Waals surface area contributed by atoms with Gasteiger partial charge in [-0.25, -0.2) is 0 Å². The summed E-state index contributed by atoms with van der Waals surface area (Å²) >= 11 is 0. The van der Waals surface area contributed by atoms with Crippen LogP contribution in [0.1, 0.15) is 19.8 Å². The Balaban J connectivity index is 0.000000291. The maximum Gasteiger partial charge on any atom is 0.106 e. The first-order valence-corrected chi connectivity index (χ1v) is 3.39. The van der Waals surface area contributed by atoms with E-state index in [1.807, 2.05) is 6.79 Å². The molecule has 1 atom stereocenters. The van der Waals surface area contributed by atoms with E-state index in [0.717, 1.165) is 5.92 Å². The van der Waals surface area contributed by atoms with Gasteiger partial charge in [-0.2, -0.15) is 0 Å². The van der Waals surface area contributed by atoms with Crippen LogP contribution in [0.25, 0.3) is 0 Å². The number of nitrogens with one attached hydrogen (secondary N) is 1. The highest BCUT2D eigenvalue weighted by Gasteiger charge is 2.04. The summed E-state index contributed by atoms with van der Waals surface area (Å²) in [6, 6.07) is 0. The van der Waals surface area contributed by atoms with Crippen molar-refractivity contribution < 1.29 is 4.79 Å². The summed E-state index contributed by atoms with van der Waals surface area (Å²) in [5, 5.41) is 3.33. The lowest BCUT2D eigenvalue weighted by Crippen LogP contribution is -2.27.